The SMILES string of the molecule is CC[C@H](C)[C@@H]1NC(=O)CCCN(C(=O)Cn2nc(C)ccc2=O)CCn2nc(C)nc2[C@H](Cc2ccccc2)NC1=O. The molecular formula is C30H40N8O4. The highest BCUT2D eigenvalue weighted by atomic mass is 16.2. The van der Waals surface area contributed by atoms with Gasteiger partial charge in [0, 0.05) is 25.6 Å². The minimum atomic E-state index is -0.724. The van der Waals surface area contributed by atoms with Crippen LogP contribution in [0.25, 0.3) is 0 Å². The van der Waals surface area contributed by atoms with E-state index in [0.717, 1.165) is 10.2 Å². The van der Waals surface area contributed by atoms with E-state index in [1.807, 2.05) is 44.2 Å². The summed E-state index contributed by atoms with van der Waals surface area (Å²) < 4.78 is 2.89. The predicted molar refractivity (Wildman–Crippen MR) is 156 cm³/mol. The van der Waals surface area contributed by atoms with E-state index < -0.39 is 12.1 Å². The summed E-state index contributed by atoms with van der Waals surface area (Å²) in [6.45, 7) is 8.15. The summed E-state index contributed by atoms with van der Waals surface area (Å²) in [5.41, 5.74) is 1.28. The third-order valence-electron chi connectivity index (χ3n) is 7.58. The summed E-state index contributed by atoms with van der Waals surface area (Å²) in [6.07, 6.45) is 1.71. The van der Waals surface area contributed by atoms with Crippen LogP contribution in [-0.4, -0.2) is 66.3 Å². The van der Waals surface area contributed by atoms with Crippen molar-refractivity contribution in [2.24, 2.45) is 5.92 Å². The van der Waals surface area contributed by atoms with Gasteiger partial charge >= 0.3 is 0 Å². The molecule has 2 N–H and O–H groups in total. The Kier molecular flexibility index (Phi) is 10.2. The lowest BCUT2D eigenvalue weighted by Crippen LogP contribution is -2.51. The number of rotatable bonds is 6. The Bertz CT molecular complexity index is 1450. The standard InChI is InChI=1S/C30H40N8O4/c1-5-20(2)28-30(42)32-24(18-23-10-7-6-8-11-23)29-31-22(4)35-37(29)17-16-36(15-9-12-25(39)33-28)27(41)19-38-26(40)14-13-21(3)34-38/h6-8,10-11,13-14,20,24,28H,5,9,12,15-19H2,1-4H3,(H,32,42)(H,33,39)/t20-,24-,28-/m0/s1. The fraction of sp³-hybridized carbons (Fsp3) is 0.500. The molecule has 0 bridgehead atoms. The van der Waals surface area contributed by atoms with E-state index in [4.69, 9.17) is 0 Å². The molecule has 12 heteroatoms. The van der Waals surface area contributed by atoms with Gasteiger partial charge in [-0.2, -0.15) is 10.2 Å². The molecule has 0 spiro atoms. The van der Waals surface area contributed by atoms with E-state index in [9.17, 15) is 19.2 Å². The zero-order valence-corrected chi connectivity index (χ0v) is 24.7. The average molecular weight is 577 g/mol. The minimum Gasteiger partial charge on any atom is -0.344 e. The number of aromatic nitrogens is 5. The Labute approximate surface area is 245 Å². The smallest absolute Gasteiger partial charge is 0.267 e. The summed E-state index contributed by atoms with van der Waals surface area (Å²) in [7, 11) is 0. The van der Waals surface area contributed by atoms with Crippen molar-refractivity contribution < 1.29 is 14.4 Å². The number of aryl methyl sites for hydroxylation is 2. The van der Waals surface area contributed by atoms with E-state index in [2.05, 4.69) is 25.8 Å². The Morgan fingerprint density at radius 3 is 2.50 bits per heavy atom. The fourth-order valence-electron chi connectivity index (χ4n) is 5.06. The maximum Gasteiger partial charge on any atom is 0.267 e. The summed E-state index contributed by atoms with van der Waals surface area (Å²) >= 11 is 0. The summed E-state index contributed by atoms with van der Waals surface area (Å²) in [6, 6.07) is 11.5. The van der Waals surface area contributed by atoms with Gasteiger partial charge in [-0.1, -0.05) is 50.6 Å². The molecule has 2 aromatic heterocycles. The van der Waals surface area contributed by atoms with E-state index in [0.29, 0.717) is 49.7 Å². The quantitative estimate of drug-likeness (QED) is 0.455. The first-order valence-electron chi connectivity index (χ1n) is 14.5. The number of hydrogen-bond acceptors (Lipinski definition) is 7. The molecule has 224 valence electrons. The molecule has 0 radical (unpaired) electrons. The molecule has 0 saturated heterocycles. The zero-order chi connectivity index (χ0) is 30.2. The highest BCUT2D eigenvalue weighted by Gasteiger charge is 2.31. The summed E-state index contributed by atoms with van der Waals surface area (Å²) in [5.74, 6) is 0.206. The normalized spacial score (nSPS) is 19.3. The lowest BCUT2D eigenvalue weighted by atomic mass is 9.97. The average Bonchev–Trinajstić information content (AvgIpc) is 3.34. The third kappa shape index (κ3) is 7.89. The van der Waals surface area contributed by atoms with Crippen LogP contribution in [0.2, 0.25) is 0 Å². The van der Waals surface area contributed by atoms with Crippen molar-refractivity contribution in [1.82, 2.24) is 40.1 Å². The number of nitrogens with one attached hydrogen (secondary N) is 2. The highest BCUT2D eigenvalue weighted by Crippen LogP contribution is 2.20. The van der Waals surface area contributed by atoms with E-state index in [1.165, 1.54) is 6.07 Å². The van der Waals surface area contributed by atoms with Gasteiger partial charge in [0.15, 0.2) is 0 Å². The lowest BCUT2D eigenvalue weighted by molar-refractivity contribution is -0.133. The second kappa shape index (κ2) is 14.0. The number of amides is 3. The van der Waals surface area contributed by atoms with Gasteiger partial charge in [0.1, 0.15) is 24.2 Å². The highest BCUT2D eigenvalue weighted by molar-refractivity contribution is 5.88. The Morgan fingerprint density at radius 1 is 1.00 bits per heavy atom. The number of fused-ring (bicyclic) bond motifs is 1. The van der Waals surface area contributed by atoms with Gasteiger partial charge in [0.25, 0.3) is 5.56 Å². The van der Waals surface area contributed by atoms with Crippen molar-refractivity contribution in [3.8, 4) is 0 Å². The van der Waals surface area contributed by atoms with Crippen molar-refractivity contribution in [2.45, 2.75) is 78.6 Å². The van der Waals surface area contributed by atoms with Crippen molar-refractivity contribution in [2.75, 3.05) is 13.1 Å². The maximum absolute atomic E-state index is 13.6. The second-order valence-corrected chi connectivity index (χ2v) is 10.9. The Balaban J connectivity index is 1.67. The van der Waals surface area contributed by atoms with E-state index in [1.54, 1.807) is 29.5 Å². The number of benzene rings is 1. The molecule has 0 unspecified atom stereocenters. The van der Waals surface area contributed by atoms with Crippen LogP contribution in [-0.2, 0) is 33.9 Å². The Hall–Kier alpha value is -4.35. The van der Waals surface area contributed by atoms with Crippen LogP contribution in [0.5, 0.6) is 0 Å². The summed E-state index contributed by atoms with van der Waals surface area (Å²) in [4.78, 5) is 58.7. The molecule has 1 aromatic carbocycles. The number of carbonyl (C=O) groups is 3. The summed E-state index contributed by atoms with van der Waals surface area (Å²) in [5, 5.41) is 14.9. The van der Waals surface area contributed by atoms with Crippen LogP contribution in [0.15, 0.2) is 47.3 Å². The van der Waals surface area contributed by atoms with Crippen LogP contribution in [0.1, 0.15) is 62.1 Å². The first-order chi connectivity index (χ1) is 20.1. The van der Waals surface area contributed by atoms with Gasteiger partial charge in [-0.15, -0.1) is 0 Å². The molecule has 3 heterocycles. The minimum absolute atomic E-state index is 0.0999. The maximum atomic E-state index is 13.6. The van der Waals surface area contributed by atoms with Gasteiger partial charge in [0.2, 0.25) is 17.7 Å². The largest absolute Gasteiger partial charge is 0.344 e. The molecule has 1 aliphatic rings. The molecule has 0 saturated carbocycles. The van der Waals surface area contributed by atoms with Gasteiger partial charge in [-0.3, -0.25) is 19.2 Å². The molecule has 0 aliphatic carbocycles. The molecule has 1 aliphatic heterocycles. The van der Waals surface area contributed by atoms with Gasteiger partial charge < -0.3 is 15.5 Å². The van der Waals surface area contributed by atoms with Gasteiger partial charge in [-0.25, -0.2) is 14.3 Å². The lowest BCUT2D eigenvalue weighted by Gasteiger charge is -2.28. The topological polar surface area (TPSA) is 144 Å². The van der Waals surface area contributed by atoms with E-state index in [-0.39, 0.29) is 48.7 Å². The predicted octanol–water partition coefficient (Wildman–Crippen LogP) is 1.71. The second-order valence-electron chi connectivity index (χ2n) is 10.9. The third-order valence-corrected chi connectivity index (χ3v) is 7.58. The number of hydrogen-bond donors (Lipinski definition) is 2. The molecule has 3 amide bonds. The molecule has 42 heavy (non-hydrogen) atoms. The van der Waals surface area contributed by atoms with Crippen molar-refractivity contribution in [3.63, 3.8) is 0 Å². The molecular weight excluding hydrogens is 536 g/mol. The first kappa shape index (κ1) is 30.6. The zero-order valence-electron chi connectivity index (χ0n) is 24.7. The van der Waals surface area contributed by atoms with Crippen LogP contribution in [0.4, 0.5) is 0 Å². The molecule has 4 rings (SSSR count). The number of carbonyl (C=O) groups excluding carboxylic acids is 3. The van der Waals surface area contributed by atoms with Crippen LogP contribution >= 0.6 is 0 Å². The van der Waals surface area contributed by atoms with Gasteiger partial charge in [-0.05, 0) is 44.2 Å². The van der Waals surface area contributed by atoms with Crippen LogP contribution < -0.4 is 16.2 Å². The van der Waals surface area contributed by atoms with Crippen LogP contribution in [0.3, 0.4) is 0 Å². The van der Waals surface area contributed by atoms with Crippen molar-refractivity contribution >= 4 is 17.7 Å². The van der Waals surface area contributed by atoms with Crippen molar-refractivity contribution in [3.05, 3.63) is 75.7 Å². The van der Waals surface area contributed by atoms with E-state index >= 15 is 0 Å². The molecule has 3 aromatic rings. The first-order valence-corrected chi connectivity index (χ1v) is 14.5. The number of nitrogens with zero attached hydrogens (tertiary/aromatic N) is 6. The molecule has 3 atom stereocenters. The monoisotopic (exact) mass is 576 g/mol. The van der Waals surface area contributed by atoms with Crippen molar-refractivity contribution in [1.29, 1.82) is 0 Å². The molecule has 0 fully saturated rings. The fourth-order valence-corrected chi connectivity index (χ4v) is 5.06. The van der Waals surface area contributed by atoms with Gasteiger partial charge in [0.05, 0.1) is 18.3 Å². The molecule has 12 nitrogen and oxygen atoms in total. The Morgan fingerprint density at radius 2 is 1.76 bits per heavy atom. The van der Waals surface area contributed by atoms with Crippen LogP contribution in [0, 0.1) is 19.8 Å².